The Bertz CT molecular complexity index is 815. The van der Waals surface area contributed by atoms with E-state index in [0.29, 0.717) is 12.8 Å². The third-order valence-corrected chi connectivity index (χ3v) is 8.19. The second-order valence-corrected chi connectivity index (χ2v) is 12.8. The summed E-state index contributed by atoms with van der Waals surface area (Å²) in [7, 11) is 0. The molecule has 0 N–H and O–H groups in total. The highest BCUT2D eigenvalue weighted by Gasteiger charge is 2.19. The quantitative estimate of drug-likeness (QED) is 0.0296. The van der Waals surface area contributed by atoms with Gasteiger partial charge in [0.25, 0.3) is 0 Å². The van der Waals surface area contributed by atoms with Crippen LogP contribution in [-0.2, 0) is 28.6 Å². The van der Waals surface area contributed by atoms with Crippen LogP contribution in [0, 0.1) is 0 Å². The summed E-state index contributed by atoms with van der Waals surface area (Å²) in [6.45, 7) is 6.37. The van der Waals surface area contributed by atoms with Crippen molar-refractivity contribution in [1.29, 1.82) is 0 Å². The zero-order valence-corrected chi connectivity index (χ0v) is 30.8. The molecule has 0 aliphatic carbocycles. The van der Waals surface area contributed by atoms with Crippen LogP contribution in [0.25, 0.3) is 0 Å². The van der Waals surface area contributed by atoms with Crippen LogP contribution in [0.3, 0.4) is 0 Å². The lowest BCUT2D eigenvalue weighted by Gasteiger charge is -2.18. The predicted octanol–water partition coefficient (Wildman–Crippen LogP) is 11.9. The molecule has 1 unspecified atom stereocenters. The smallest absolute Gasteiger partial charge is 0.309 e. The summed E-state index contributed by atoms with van der Waals surface area (Å²) in [5.41, 5.74) is 0. The molecule has 0 aromatic carbocycles. The number of rotatable bonds is 34. The summed E-state index contributed by atoms with van der Waals surface area (Å²) in [5, 5.41) is 0. The van der Waals surface area contributed by atoms with Crippen LogP contribution in [0.2, 0.25) is 0 Å². The second kappa shape index (κ2) is 36.5. The van der Waals surface area contributed by atoms with Crippen molar-refractivity contribution in [3.63, 3.8) is 0 Å². The van der Waals surface area contributed by atoms with Gasteiger partial charge < -0.3 is 14.2 Å². The number of unbranched alkanes of at least 4 members (excludes halogenated alkanes) is 18. The van der Waals surface area contributed by atoms with E-state index in [2.05, 4.69) is 45.1 Å². The second-order valence-electron chi connectivity index (χ2n) is 12.8. The standard InChI is InChI=1S/C41H72O6/c1-4-7-10-13-16-19-22-25-28-31-34-40(43)46-37-38(36-45-39(42)33-30-27-24-21-18-15-12-9-6-3)47-41(44)35-32-29-26-23-20-17-14-11-8-5-2/h9,12,18,21,27,30,38H,4-8,10-11,13-17,19-20,22-26,28-29,31-37H2,1-3H3/b12-9-,21-18-,30-27-. The molecule has 272 valence electrons. The van der Waals surface area contributed by atoms with Gasteiger partial charge in [0.05, 0.1) is 6.42 Å². The molecular formula is C41H72O6. The van der Waals surface area contributed by atoms with E-state index in [9.17, 15) is 14.4 Å². The lowest BCUT2D eigenvalue weighted by Crippen LogP contribution is -2.30. The maximum absolute atomic E-state index is 12.6. The molecule has 0 radical (unpaired) electrons. The van der Waals surface area contributed by atoms with Gasteiger partial charge in [0.2, 0.25) is 0 Å². The van der Waals surface area contributed by atoms with Crippen LogP contribution in [0.4, 0.5) is 0 Å². The molecule has 0 saturated heterocycles. The van der Waals surface area contributed by atoms with Gasteiger partial charge in [-0.3, -0.25) is 14.4 Å². The number of ether oxygens (including phenoxy) is 3. The van der Waals surface area contributed by atoms with E-state index < -0.39 is 12.1 Å². The zero-order valence-electron chi connectivity index (χ0n) is 30.8. The van der Waals surface area contributed by atoms with Crippen molar-refractivity contribution in [3.05, 3.63) is 36.5 Å². The van der Waals surface area contributed by atoms with Gasteiger partial charge >= 0.3 is 17.9 Å². The van der Waals surface area contributed by atoms with Crippen molar-refractivity contribution in [3.8, 4) is 0 Å². The lowest BCUT2D eigenvalue weighted by atomic mass is 10.1. The molecule has 47 heavy (non-hydrogen) atoms. The monoisotopic (exact) mass is 661 g/mol. The van der Waals surface area contributed by atoms with Crippen molar-refractivity contribution in [1.82, 2.24) is 0 Å². The lowest BCUT2D eigenvalue weighted by molar-refractivity contribution is -0.166. The fraction of sp³-hybridized carbons (Fsp3) is 0.780. The van der Waals surface area contributed by atoms with E-state index in [1.165, 1.54) is 89.9 Å². The van der Waals surface area contributed by atoms with Gasteiger partial charge in [-0.2, -0.15) is 0 Å². The molecular weight excluding hydrogens is 588 g/mol. The summed E-state index contributed by atoms with van der Waals surface area (Å²) >= 11 is 0. The molecule has 0 bridgehead atoms. The molecule has 0 heterocycles. The predicted molar refractivity (Wildman–Crippen MR) is 196 cm³/mol. The fourth-order valence-electron chi connectivity index (χ4n) is 5.27. The molecule has 0 aliphatic rings. The van der Waals surface area contributed by atoms with Crippen LogP contribution in [0.1, 0.15) is 188 Å². The number of carbonyl (C=O) groups is 3. The molecule has 0 rings (SSSR count). The topological polar surface area (TPSA) is 78.9 Å². The molecule has 0 fully saturated rings. The summed E-state index contributed by atoms with van der Waals surface area (Å²) in [6, 6.07) is 0. The minimum absolute atomic E-state index is 0.0965. The average molecular weight is 661 g/mol. The molecule has 0 aromatic heterocycles. The molecule has 0 saturated carbocycles. The molecule has 0 amide bonds. The Kier molecular flexibility index (Phi) is 34.6. The highest BCUT2D eigenvalue weighted by molar-refractivity contribution is 5.72. The highest BCUT2D eigenvalue weighted by Crippen LogP contribution is 2.14. The number of hydrogen-bond donors (Lipinski definition) is 0. The fourth-order valence-corrected chi connectivity index (χ4v) is 5.27. The van der Waals surface area contributed by atoms with Gasteiger partial charge in [0.1, 0.15) is 13.2 Å². The first-order chi connectivity index (χ1) is 23.0. The van der Waals surface area contributed by atoms with E-state index in [4.69, 9.17) is 14.2 Å². The van der Waals surface area contributed by atoms with Crippen LogP contribution < -0.4 is 0 Å². The van der Waals surface area contributed by atoms with Crippen molar-refractivity contribution in [2.45, 2.75) is 194 Å². The Morgan fingerprint density at radius 3 is 1.30 bits per heavy atom. The minimum atomic E-state index is -0.797. The highest BCUT2D eigenvalue weighted by atomic mass is 16.6. The summed E-state index contributed by atoms with van der Waals surface area (Å²) in [4.78, 5) is 37.3. The Balaban J connectivity index is 4.46. The van der Waals surface area contributed by atoms with Gasteiger partial charge in [-0.15, -0.1) is 0 Å². The van der Waals surface area contributed by atoms with Crippen LogP contribution in [-0.4, -0.2) is 37.2 Å². The van der Waals surface area contributed by atoms with E-state index in [1.54, 1.807) is 6.08 Å². The first-order valence-corrected chi connectivity index (χ1v) is 19.5. The largest absolute Gasteiger partial charge is 0.462 e. The molecule has 6 nitrogen and oxygen atoms in total. The van der Waals surface area contributed by atoms with Gasteiger partial charge in [-0.05, 0) is 32.1 Å². The maximum Gasteiger partial charge on any atom is 0.309 e. The third kappa shape index (κ3) is 34.8. The Morgan fingerprint density at radius 1 is 0.447 bits per heavy atom. The number of hydrogen-bond acceptors (Lipinski definition) is 6. The maximum atomic E-state index is 12.6. The molecule has 6 heteroatoms. The summed E-state index contributed by atoms with van der Waals surface area (Å²) < 4.78 is 16.5. The number of esters is 3. The first kappa shape index (κ1) is 44.6. The van der Waals surface area contributed by atoms with E-state index in [0.717, 1.165) is 57.8 Å². The zero-order chi connectivity index (χ0) is 34.5. The Labute approximate surface area is 289 Å². The van der Waals surface area contributed by atoms with Gasteiger partial charge in [-0.1, -0.05) is 173 Å². The third-order valence-electron chi connectivity index (χ3n) is 8.19. The minimum Gasteiger partial charge on any atom is -0.462 e. The van der Waals surface area contributed by atoms with Gasteiger partial charge in [-0.25, -0.2) is 0 Å². The number of carbonyl (C=O) groups excluding carboxylic acids is 3. The van der Waals surface area contributed by atoms with Crippen LogP contribution >= 0.6 is 0 Å². The van der Waals surface area contributed by atoms with Crippen molar-refractivity contribution in [2.24, 2.45) is 0 Å². The van der Waals surface area contributed by atoms with E-state index in [1.807, 2.05) is 6.08 Å². The van der Waals surface area contributed by atoms with Crippen LogP contribution in [0.5, 0.6) is 0 Å². The SMILES string of the molecule is CC/C=C\C/C=C\C/C=C\CC(=O)OCC(COC(=O)CCCCCCCCCCCC)OC(=O)CCCCCCCCCCCC. The van der Waals surface area contributed by atoms with Crippen LogP contribution in [0.15, 0.2) is 36.5 Å². The van der Waals surface area contributed by atoms with E-state index in [-0.39, 0.29) is 31.6 Å². The Hall–Kier alpha value is -2.37. The van der Waals surface area contributed by atoms with Gasteiger partial charge in [0, 0.05) is 12.8 Å². The molecule has 0 aromatic rings. The molecule has 0 spiro atoms. The molecule has 1 atom stereocenters. The Morgan fingerprint density at radius 2 is 0.830 bits per heavy atom. The summed E-state index contributed by atoms with van der Waals surface area (Å²) in [5.74, 6) is -1.03. The normalized spacial score (nSPS) is 12.3. The van der Waals surface area contributed by atoms with Crippen molar-refractivity contribution >= 4 is 17.9 Å². The van der Waals surface area contributed by atoms with Crippen molar-refractivity contribution in [2.75, 3.05) is 13.2 Å². The van der Waals surface area contributed by atoms with Crippen molar-refractivity contribution < 1.29 is 28.6 Å². The summed E-state index contributed by atoms with van der Waals surface area (Å²) in [6.07, 6.45) is 38.8. The van der Waals surface area contributed by atoms with Gasteiger partial charge in [0.15, 0.2) is 6.10 Å². The number of allylic oxidation sites excluding steroid dienone is 5. The van der Waals surface area contributed by atoms with E-state index >= 15 is 0 Å². The average Bonchev–Trinajstić information content (AvgIpc) is 3.06. The molecule has 0 aliphatic heterocycles. The first-order valence-electron chi connectivity index (χ1n) is 19.5.